The number of hydrogen-bond acceptors (Lipinski definition) is 3. The van der Waals surface area contributed by atoms with Crippen LogP contribution in [0.3, 0.4) is 0 Å². The van der Waals surface area contributed by atoms with Crippen molar-refractivity contribution in [2.75, 3.05) is 0 Å². The first-order valence-electron chi connectivity index (χ1n) is 9.16. The van der Waals surface area contributed by atoms with E-state index in [9.17, 15) is 4.79 Å². The van der Waals surface area contributed by atoms with Gasteiger partial charge in [0, 0.05) is 21.5 Å². The summed E-state index contributed by atoms with van der Waals surface area (Å²) in [5, 5.41) is 4.52. The molecule has 2 bridgehead atoms. The molecule has 3 atom stereocenters. The summed E-state index contributed by atoms with van der Waals surface area (Å²) in [6, 6.07) is 11.0. The molecule has 0 saturated heterocycles. The Labute approximate surface area is 159 Å². The van der Waals surface area contributed by atoms with E-state index in [0.29, 0.717) is 17.9 Å². The summed E-state index contributed by atoms with van der Waals surface area (Å²) < 4.78 is 1.28. The highest BCUT2D eigenvalue weighted by Crippen LogP contribution is 2.42. The molecule has 1 heterocycles. The van der Waals surface area contributed by atoms with Gasteiger partial charge < -0.3 is 11.1 Å². The van der Waals surface area contributed by atoms with Crippen molar-refractivity contribution in [3.05, 3.63) is 35.2 Å². The Balaban J connectivity index is 0.00000182. The molecule has 2 aliphatic rings. The van der Waals surface area contributed by atoms with Crippen molar-refractivity contribution in [3.63, 3.8) is 0 Å². The van der Waals surface area contributed by atoms with E-state index in [4.69, 9.17) is 5.73 Å². The summed E-state index contributed by atoms with van der Waals surface area (Å²) in [6.07, 6.45) is 5.64. The average Bonchev–Trinajstić information content (AvgIpc) is 2.98. The second kappa shape index (κ2) is 7.65. The number of nitrogens with two attached hydrogens (primary N) is 1. The SMILES string of the molecule is CC(NC(=O)C1CC2CCCC(C1)C2N)c1cc2ccccc2s1.Cl. The highest BCUT2D eigenvalue weighted by molar-refractivity contribution is 7.19. The Hall–Kier alpha value is -1.10. The van der Waals surface area contributed by atoms with Crippen molar-refractivity contribution < 1.29 is 4.79 Å². The molecule has 2 aromatic rings. The maximum atomic E-state index is 12.8. The first-order chi connectivity index (χ1) is 11.6. The minimum Gasteiger partial charge on any atom is -0.349 e. The summed E-state index contributed by atoms with van der Waals surface area (Å²) in [4.78, 5) is 14.0. The molecule has 2 aliphatic carbocycles. The molecule has 2 fully saturated rings. The van der Waals surface area contributed by atoms with E-state index in [1.807, 2.05) is 0 Å². The van der Waals surface area contributed by atoms with Crippen molar-refractivity contribution in [1.82, 2.24) is 5.32 Å². The monoisotopic (exact) mass is 378 g/mol. The average molecular weight is 379 g/mol. The van der Waals surface area contributed by atoms with E-state index >= 15 is 0 Å². The fraction of sp³-hybridized carbons (Fsp3) is 0.550. The first kappa shape index (κ1) is 18.7. The van der Waals surface area contributed by atoms with Crippen LogP contribution in [0, 0.1) is 17.8 Å². The fourth-order valence-electron chi connectivity index (χ4n) is 4.62. The predicted molar refractivity (Wildman–Crippen MR) is 107 cm³/mol. The molecule has 2 saturated carbocycles. The molecular formula is C20H27ClN2OS. The van der Waals surface area contributed by atoms with E-state index in [2.05, 4.69) is 42.6 Å². The molecule has 0 spiro atoms. The Morgan fingerprint density at radius 2 is 1.92 bits per heavy atom. The molecule has 25 heavy (non-hydrogen) atoms. The van der Waals surface area contributed by atoms with Crippen molar-refractivity contribution in [1.29, 1.82) is 0 Å². The number of hydrogen-bond donors (Lipinski definition) is 2. The first-order valence-corrected chi connectivity index (χ1v) is 9.98. The molecule has 136 valence electrons. The second-order valence-electron chi connectivity index (χ2n) is 7.61. The van der Waals surface area contributed by atoms with E-state index in [1.165, 1.54) is 34.2 Å². The van der Waals surface area contributed by atoms with Crippen LogP contribution in [0.4, 0.5) is 0 Å². The summed E-state index contributed by atoms with van der Waals surface area (Å²) in [5.74, 6) is 1.47. The molecule has 1 amide bonds. The van der Waals surface area contributed by atoms with Gasteiger partial charge in [-0.15, -0.1) is 23.7 Å². The normalized spacial score (nSPS) is 29.7. The smallest absolute Gasteiger partial charge is 0.223 e. The van der Waals surface area contributed by atoms with Crippen LogP contribution in [0.25, 0.3) is 10.1 Å². The summed E-state index contributed by atoms with van der Waals surface area (Å²) in [5.41, 5.74) is 6.35. The third-order valence-corrected chi connectivity index (χ3v) is 7.31. The predicted octanol–water partition coefficient (Wildman–Crippen LogP) is 4.65. The van der Waals surface area contributed by atoms with Gasteiger partial charge in [-0.1, -0.05) is 24.6 Å². The highest BCUT2D eigenvalue weighted by Gasteiger charge is 2.40. The van der Waals surface area contributed by atoms with Crippen LogP contribution in [0.15, 0.2) is 30.3 Å². The van der Waals surface area contributed by atoms with Gasteiger partial charge in [0.25, 0.3) is 0 Å². The number of fused-ring (bicyclic) bond motifs is 3. The van der Waals surface area contributed by atoms with Gasteiger partial charge in [-0.3, -0.25) is 4.79 Å². The number of rotatable bonds is 3. The topological polar surface area (TPSA) is 55.1 Å². The lowest BCUT2D eigenvalue weighted by molar-refractivity contribution is -0.128. The Bertz CT molecular complexity index is 699. The van der Waals surface area contributed by atoms with E-state index in [-0.39, 0.29) is 30.3 Å². The number of thiophene rings is 1. The maximum absolute atomic E-state index is 12.8. The van der Waals surface area contributed by atoms with Crippen LogP contribution in [0.1, 0.15) is 49.9 Å². The number of amides is 1. The van der Waals surface area contributed by atoms with Crippen molar-refractivity contribution in [2.24, 2.45) is 23.5 Å². The van der Waals surface area contributed by atoms with E-state index in [0.717, 1.165) is 12.8 Å². The molecular weight excluding hydrogens is 352 g/mol. The molecule has 5 heteroatoms. The molecule has 1 aromatic heterocycles. The fourth-order valence-corrected chi connectivity index (χ4v) is 5.69. The van der Waals surface area contributed by atoms with Gasteiger partial charge in [-0.25, -0.2) is 0 Å². The third kappa shape index (κ3) is 3.71. The van der Waals surface area contributed by atoms with Gasteiger partial charge in [0.15, 0.2) is 0 Å². The third-order valence-electron chi connectivity index (χ3n) is 6.01. The molecule has 0 aliphatic heterocycles. The molecule has 3 N–H and O–H groups in total. The van der Waals surface area contributed by atoms with Gasteiger partial charge in [-0.05, 0) is 62.0 Å². The van der Waals surface area contributed by atoms with Crippen LogP contribution in [0.2, 0.25) is 0 Å². The van der Waals surface area contributed by atoms with Crippen LogP contribution in [-0.4, -0.2) is 11.9 Å². The quantitative estimate of drug-likeness (QED) is 0.816. The maximum Gasteiger partial charge on any atom is 0.223 e. The number of halogens is 1. The second-order valence-corrected chi connectivity index (χ2v) is 8.73. The van der Waals surface area contributed by atoms with Crippen molar-refractivity contribution >= 4 is 39.7 Å². The van der Waals surface area contributed by atoms with E-state index in [1.54, 1.807) is 11.3 Å². The van der Waals surface area contributed by atoms with Gasteiger partial charge in [-0.2, -0.15) is 0 Å². The summed E-state index contributed by atoms with van der Waals surface area (Å²) >= 11 is 1.78. The standard InChI is InChI=1S/C20H26N2OS.ClH/c1-12(18-11-13-5-2-3-8-17(13)24-18)22-20(23)16-9-14-6-4-7-15(10-16)19(14)21;/h2-3,5,8,11-12,14-16,19H,4,6-7,9-10,21H2,1H3,(H,22,23);1H. The number of carbonyl (C=O) groups excluding carboxylic acids is 1. The van der Waals surface area contributed by atoms with Crippen molar-refractivity contribution in [2.45, 2.75) is 51.1 Å². The summed E-state index contributed by atoms with van der Waals surface area (Å²) in [7, 11) is 0. The molecule has 0 radical (unpaired) electrons. The van der Waals surface area contributed by atoms with E-state index < -0.39 is 0 Å². The van der Waals surface area contributed by atoms with Gasteiger partial charge in [0.1, 0.15) is 0 Å². The molecule has 3 nitrogen and oxygen atoms in total. The minimum absolute atomic E-state index is 0. The molecule has 3 unspecified atom stereocenters. The Morgan fingerprint density at radius 1 is 1.24 bits per heavy atom. The zero-order chi connectivity index (χ0) is 16.7. The molecule has 1 aromatic carbocycles. The lowest BCUT2D eigenvalue weighted by atomic mass is 9.65. The zero-order valence-electron chi connectivity index (χ0n) is 14.6. The lowest BCUT2D eigenvalue weighted by Crippen LogP contribution is -2.49. The Kier molecular flexibility index (Phi) is 5.71. The highest BCUT2D eigenvalue weighted by atomic mass is 35.5. The number of carbonyl (C=O) groups is 1. The van der Waals surface area contributed by atoms with Crippen LogP contribution >= 0.6 is 23.7 Å². The zero-order valence-corrected chi connectivity index (χ0v) is 16.2. The number of benzene rings is 1. The van der Waals surface area contributed by atoms with Gasteiger partial charge in [0.2, 0.25) is 5.91 Å². The van der Waals surface area contributed by atoms with Crippen LogP contribution in [-0.2, 0) is 4.79 Å². The van der Waals surface area contributed by atoms with Crippen LogP contribution in [0.5, 0.6) is 0 Å². The largest absolute Gasteiger partial charge is 0.349 e. The Morgan fingerprint density at radius 3 is 2.60 bits per heavy atom. The van der Waals surface area contributed by atoms with Gasteiger partial charge >= 0.3 is 0 Å². The van der Waals surface area contributed by atoms with Gasteiger partial charge in [0.05, 0.1) is 6.04 Å². The van der Waals surface area contributed by atoms with Crippen molar-refractivity contribution in [3.8, 4) is 0 Å². The summed E-state index contributed by atoms with van der Waals surface area (Å²) in [6.45, 7) is 2.10. The number of nitrogens with one attached hydrogen (secondary N) is 1. The van der Waals surface area contributed by atoms with Crippen LogP contribution < -0.4 is 11.1 Å². The minimum atomic E-state index is 0. The lowest BCUT2D eigenvalue weighted by Gasteiger charge is -2.43. The molecule has 4 rings (SSSR count).